The van der Waals surface area contributed by atoms with Crippen molar-refractivity contribution in [1.29, 1.82) is 0 Å². The zero-order chi connectivity index (χ0) is 15.9. The minimum atomic E-state index is -0.212. The van der Waals surface area contributed by atoms with Crippen LogP contribution in [0.25, 0.3) is 0 Å². The van der Waals surface area contributed by atoms with Crippen LogP contribution in [0.2, 0.25) is 0 Å². The Morgan fingerprint density at radius 1 is 1.09 bits per heavy atom. The van der Waals surface area contributed by atoms with Crippen molar-refractivity contribution in [3.63, 3.8) is 0 Å². The van der Waals surface area contributed by atoms with Crippen molar-refractivity contribution in [3.05, 3.63) is 0 Å². The number of hydrogen-bond donors (Lipinski definition) is 2. The Balaban J connectivity index is 1.54. The van der Waals surface area contributed by atoms with Crippen molar-refractivity contribution in [3.8, 4) is 0 Å². The van der Waals surface area contributed by atoms with Crippen LogP contribution in [0.15, 0.2) is 0 Å². The molecule has 1 atom stereocenters. The van der Waals surface area contributed by atoms with Crippen LogP contribution in [-0.2, 0) is 4.79 Å². The van der Waals surface area contributed by atoms with Crippen LogP contribution < -0.4 is 5.32 Å². The summed E-state index contributed by atoms with van der Waals surface area (Å²) in [6.45, 7) is 10.7. The molecule has 0 radical (unpaired) electrons. The summed E-state index contributed by atoms with van der Waals surface area (Å²) < 4.78 is 0. The highest BCUT2D eigenvalue weighted by atomic mass is 16.3. The Kier molecular flexibility index (Phi) is 7.12. The second kappa shape index (κ2) is 8.85. The van der Waals surface area contributed by atoms with Crippen molar-refractivity contribution in [2.45, 2.75) is 45.6 Å². The number of hydrogen-bond acceptors (Lipinski definition) is 4. The minimum absolute atomic E-state index is 0.212. The average molecular weight is 311 g/mol. The third-order valence-corrected chi connectivity index (χ3v) is 5.16. The molecule has 0 aromatic carbocycles. The van der Waals surface area contributed by atoms with Gasteiger partial charge in [0.15, 0.2) is 0 Å². The van der Waals surface area contributed by atoms with Gasteiger partial charge in [-0.25, -0.2) is 0 Å². The van der Waals surface area contributed by atoms with E-state index in [1.807, 2.05) is 11.8 Å². The largest absolute Gasteiger partial charge is 0.392 e. The van der Waals surface area contributed by atoms with Gasteiger partial charge in [-0.05, 0) is 70.6 Å². The number of aliphatic hydroxyl groups is 1. The number of amides is 1. The standard InChI is InChI=1S/C17H33N3O2/c1-14(21)13-19-7-3-16(4-8-19)11-18-12-17-5-9-20(10-6-17)15(2)22/h14,16-18,21H,3-13H2,1-2H3. The van der Waals surface area contributed by atoms with Gasteiger partial charge in [0.25, 0.3) is 0 Å². The van der Waals surface area contributed by atoms with Crippen LogP contribution in [0.4, 0.5) is 0 Å². The molecule has 1 unspecified atom stereocenters. The predicted molar refractivity (Wildman–Crippen MR) is 88.7 cm³/mol. The molecule has 0 aromatic heterocycles. The Labute approximate surface area is 135 Å². The van der Waals surface area contributed by atoms with Gasteiger partial charge in [-0.3, -0.25) is 4.79 Å². The maximum absolute atomic E-state index is 11.3. The highest BCUT2D eigenvalue weighted by molar-refractivity contribution is 5.73. The van der Waals surface area contributed by atoms with Gasteiger partial charge in [0.05, 0.1) is 6.10 Å². The van der Waals surface area contributed by atoms with Crippen LogP contribution >= 0.6 is 0 Å². The molecule has 2 heterocycles. The van der Waals surface area contributed by atoms with Gasteiger partial charge in [-0.15, -0.1) is 0 Å². The molecule has 5 heteroatoms. The second-order valence-electron chi connectivity index (χ2n) is 7.20. The monoisotopic (exact) mass is 311 g/mol. The van der Waals surface area contributed by atoms with Crippen LogP contribution in [0, 0.1) is 11.8 Å². The topological polar surface area (TPSA) is 55.8 Å². The average Bonchev–Trinajstić information content (AvgIpc) is 2.49. The zero-order valence-electron chi connectivity index (χ0n) is 14.3. The summed E-state index contributed by atoms with van der Waals surface area (Å²) in [5, 5.41) is 13.1. The van der Waals surface area contributed by atoms with E-state index in [-0.39, 0.29) is 12.0 Å². The first-order valence-electron chi connectivity index (χ1n) is 8.91. The number of nitrogens with one attached hydrogen (secondary N) is 1. The lowest BCUT2D eigenvalue weighted by Crippen LogP contribution is -2.42. The molecule has 2 rings (SSSR count). The molecule has 2 aliphatic heterocycles. The Morgan fingerprint density at radius 3 is 2.05 bits per heavy atom. The number of likely N-dealkylation sites (tertiary alicyclic amines) is 2. The minimum Gasteiger partial charge on any atom is -0.392 e. The highest BCUT2D eigenvalue weighted by Crippen LogP contribution is 2.18. The fraction of sp³-hybridized carbons (Fsp3) is 0.941. The smallest absolute Gasteiger partial charge is 0.219 e. The van der Waals surface area contributed by atoms with Crippen LogP contribution in [0.3, 0.4) is 0 Å². The number of carbonyl (C=O) groups excluding carboxylic acids is 1. The lowest BCUT2D eigenvalue weighted by molar-refractivity contribution is -0.130. The molecule has 0 aliphatic carbocycles. The summed E-state index contributed by atoms with van der Waals surface area (Å²) in [4.78, 5) is 15.7. The fourth-order valence-electron chi connectivity index (χ4n) is 3.69. The van der Waals surface area contributed by atoms with Gasteiger partial charge in [0.1, 0.15) is 0 Å². The lowest BCUT2D eigenvalue weighted by atomic mass is 9.94. The molecule has 0 aromatic rings. The summed E-state index contributed by atoms with van der Waals surface area (Å²) >= 11 is 0. The van der Waals surface area contributed by atoms with E-state index in [9.17, 15) is 9.90 Å². The molecular formula is C17H33N3O2. The van der Waals surface area contributed by atoms with E-state index < -0.39 is 0 Å². The van der Waals surface area contributed by atoms with E-state index in [4.69, 9.17) is 0 Å². The van der Waals surface area contributed by atoms with E-state index in [0.29, 0.717) is 0 Å². The maximum Gasteiger partial charge on any atom is 0.219 e. The number of rotatable bonds is 6. The Bertz CT molecular complexity index is 333. The summed E-state index contributed by atoms with van der Waals surface area (Å²) in [5.41, 5.74) is 0. The quantitative estimate of drug-likeness (QED) is 0.766. The molecule has 0 bridgehead atoms. The van der Waals surface area contributed by atoms with E-state index >= 15 is 0 Å². The normalized spacial score (nSPS) is 23.7. The molecule has 5 nitrogen and oxygen atoms in total. The van der Waals surface area contributed by atoms with Gasteiger partial charge in [0, 0.05) is 26.6 Å². The summed E-state index contributed by atoms with van der Waals surface area (Å²) in [6, 6.07) is 0. The second-order valence-corrected chi connectivity index (χ2v) is 7.20. The summed E-state index contributed by atoms with van der Waals surface area (Å²) in [5.74, 6) is 1.73. The van der Waals surface area contributed by atoms with Gasteiger partial charge in [0.2, 0.25) is 5.91 Å². The summed E-state index contributed by atoms with van der Waals surface area (Å²) in [6.07, 6.45) is 4.54. The number of carbonyl (C=O) groups is 1. The van der Waals surface area contributed by atoms with Crippen molar-refractivity contribution in [1.82, 2.24) is 15.1 Å². The first-order valence-corrected chi connectivity index (χ1v) is 8.91. The Morgan fingerprint density at radius 2 is 1.59 bits per heavy atom. The molecule has 22 heavy (non-hydrogen) atoms. The van der Waals surface area contributed by atoms with Crippen molar-refractivity contribution in [2.75, 3.05) is 45.8 Å². The molecule has 2 aliphatic rings. The summed E-state index contributed by atoms with van der Waals surface area (Å²) in [7, 11) is 0. The molecular weight excluding hydrogens is 278 g/mol. The highest BCUT2D eigenvalue weighted by Gasteiger charge is 2.22. The van der Waals surface area contributed by atoms with Gasteiger partial charge < -0.3 is 20.2 Å². The van der Waals surface area contributed by atoms with E-state index in [1.165, 1.54) is 12.8 Å². The number of nitrogens with zero attached hydrogens (tertiary/aromatic N) is 2. The van der Waals surface area contributed by atoms with Crippen molar-refractivity contribution in [2.24, 2.45) is 11.8 Å². The van der Waals surface area contributed by atoms with Crippen molar-refractivity contribution < 1.29 is 9.90 Å². The molecule has 2 N–H and O–H groups in total. The van der Waals surface area contributed by atoms with Gasteiger partial charge in [-0.1, -0.05) is 0 Å². The first-order chi connectivity index (χ1) is 10.5. The third-order valence-electron chi connectivity index (χ3n) is 5.16. The molecule has 0 spiro atoms. The first kappa shape index (κ1) is 17.7. The van der Waals surface area contributed by atoms with E-state index in [2.05, 4.69) is 10.2 Å². The fourth-order valence-corrected chi connectivity index (χ4v) is 3.69. The molecule has 0 saturated carbocycles. The van der Waals surface area contributed by atoms with Crippen LogP contribution in [-0.4, -0.2) is 72.7 Å². The Hall–Kier alpha value is -0.650. The van der Waals surface area contributed by atoms with Crippen LogP contribution in [0.5, 0.6) is 0 Å². The molecule has 128 valence electrons. The molecule has 2 saturated heterocycles. The number of piperidine rings is 2. The third kappa shape index (κ3) is 5.86. The van der Waals surface area contributed by atoms with Crippen LogP contribution in [0.1, 0.15) is 39.5 Å². The van der Waals surface area contributed by atoms with E-state index in [0.717, 1.165) is 70.5 Å². The number of aliphatic hydroxyl groups excluding tert-OH is 1. The SMILES string of the molecule is CC(=O)N1CCC(CNCC2CCN(CC(C)O)CC2)CC1. The van der Waals surface area contributed by atoms with E-state index in [1.54, 1.807) is 6.92 Å². The molecule has 1 amide bonds. The van der Waals surface area contributed by atoms with Gasteiger partial charge >= 0.3 is 0 Å². The van der Waals surface area contributed by atoms with Crippen molar-refractivity contribution >= 4 is 5.91 Å². The van der Waals surface area contributed by atoms with Gasteiger partial charge in [-0.2, -0.15) is 0 Å². The maximum atomic E-state index is 11.3. The molecule has 2 fully saturated rings. The zero-order valence-corrected chi connectivity index (χ0v) is 14.3. The predicted octanol–water partition coefficient (Wildman–Crippen LogP) is 0.927. The number of β-amino-alcohol motifs (C(OH)–C–C–N with tert-alkyl or cyclic N) is 1. The lowest BCUT2D eigenvalue weighted by Gasteiger charge is -2.34.